The van der Waals surface area contributed by atoms with Crippen LogP contribution in [0.15, 0.2) is 18.2 Å². The third kappa shape index (κ3) is 4.38. The molecule has 4 rings (SSSR count). The Morgan fingerprint density at radius 2 is 2.00 bits per heavy atom. The molecule has 2 fully saturated rings. The zero-order chi connectivity index (χ0) is 19.8. The SMILES string of the molecule is CCC1Oc2cc(C(C)NC(=O)C3CC4CCCC(C3)C4N)ccc2NC1=O.Cl. The number of carbonyl (C=O) groups is 2. The van der Waals surface area contributed by atoms with Crippen LogP contribution in [0.3, 0.4) is 0 Å². The lowest BCUT2D eigenvalue weighted by Crippen LogP contribution is -2.49. The minimum absolute atomic E-state index is 0. The fourth-order valence-electron chi connectivity index (χ4n) is 5.12. The van der Waals surface area contributed by atoms with Crippen molar-refractivity contribution in [3.05, 3.63) is 23.8 Å². The van der Waals surface area contributed by atoms with Gasteiger partial charge in [0.05, 0.1) is 11.7 Å². The van der Waals surface area contributed by atoms with Crippen LogP contribution in [0, 0.1) is 17.8 Å². The second kappa shape index (κ2) is 8.92. The van der Waals surface area contributed by atoms with Crippen LogP contribution in [-0.4, -0.2) is 24.0 Å². The molecule has 6 nitrogen and oxygen atoms in total. The Bertz CT molecular complexity index is 758. The zero-order valence-electron chi connectivity index (χ0n) is 17.1. The van der Waals surface area contributed by atoms with E-state index >= 15 is 0 Å². The van der Waals surface area contributed by atoms with Crippen LogP contribution in [0.25, 0.3) is 0 Å². The number of carbonyl (C=O) groups excluding carboxylic acids is 2. The summed E-state index contributed by atoms with van der Waals surface area (Å²) in [6.07, 6.45) is 5.54. The summed E-state index contributed by atoms with van der Waals surface area (Å²) in [5.41, 5.74) is 8.02. The Morgan fingerprint density at radius 3 is 2.66 bits per heavy atom. The third-order valence-electron chi connectivity index (χ3n) is 6.84. The fraction of sp³-hybridized carbons (Fsp3) is 0.636. The van der Waals surface area contributed by atoms with E-state index in [0.717, 1.165) is 31.2 Å². The van der Waals surface area contributed by atoms with Crippen LogP contribution in [0.4, 0.5) is 5.69 Å². The standard InChI is InChI=1S/C22H31N3O3.ClH/c1-3-18-22(27)25-17-8-7-13(11-19(17)28-18)12(2)24-21(26)16-9-14-5-4-6-15(10-16)20(14)23;/h7-8,11-12,14-16,18,20H,3-6,9-10,23H2,1-2H3,(H,24,26)(H,25,27);1H. The maximum Gasteiger partial charge on any atom is 0.265 e. The van der Waals surface area contributed by atoms with Gasteiger partial charge in [-0.25, -0.2) is 0 Å². The average molecular weight is 422 g/mol. The smallest absolute Gasteiger partial charge is 0.265 e. The highest BCUT2D eigenvalue weighted by molar-refractivity contribution is 5.97. The lowest BCUT2D eigenvalue weighted by atomic mass is 9.65. The predicted molar refractivity (Wildman–Crippen MR) is 115 cm³/mol. The van der Waals surface area contributed by atoms with Gasteiger partial charge in [-0.15, -0.1) is 12.4 Å². The molecule has 4 unspecified atom stereocenters. The lowest BCUT2D eigenvalue weighted by molar-refractivity contribution is -0.128. The van der Waals surface area contributed by atoms with Crippen molar-refractivity contribution in [3.63, 3.8) is 0 Å². The molecule has 1 aliphatic heterocycles. The van der Waals surface area contributed by atoms with Crippen molar-refractivity contribution >= 4 is 29.9 Å². The van der Waals surface area contributed by atoms with Crippen molar-refractivity contribution < 1.29 is 14.3 Å². The van der Waals surface area contributed by atoms with Gasteiger partial charge in [0.2, 0.25) is 5.91 Å². The number of anilines is 1. The Hall–Kier alpha value is -1.79. The van der Waals surface area contributed by atoms with Gasteiger partial charge in [-0.1, -0.05) is 19.4 Å². The molecular formula is C22H32ClN3O3. The largest absolute Gasteiger partial charge is 0.478 e. The second-order valence-electron chi connectivity index (χ2n) is 8.69. The van der Waals surface area contributed by atoms with Crippen molar-refractivity contribution in [2.24, 2.45) is 23.5 Å². The summed E-state index contributed by atoms with van der Waals surface area (Å²) in [5.74, 6) is 1.74. The molecule has 0 saturated heterocycles. The highest BCUT2D eigenvalue weighted by atomic mass is 35.5. The maximum atomic E-state index is 12.9. The van der Waals surface area contributed by atoms with E-state index in [1.54, 1.807) is 0 Å². The van der Waals surface area contributed by atoms with Crippen LogP contribution in [0.5, 0.6) is 5.75 Å². The first-order chi connectivity index (χ1) is 13.5. The molecule has 2 amide bonds. The summed E-state index contributed by atoms with van der Waals surface area (Å²) >= 11 is 0. The first-order valence-corrected chi connectivity index (χ1v) is 10.6. The summed E-state index contributed by atoms with van der Waals surface area (Å²) < 4.78 is 5.83. The Morgan fingerprint density at radius 1 is 1.31 bits per heavy atom. The molecule has 0 spiro atoms. The molecule has 1 aromatic rings. The maximum absolute atomic E-state index is 12.9. The average Bonchev–Trinajstić information content (AvgIpc) is 2.66. The number of nitrogens with one attached hydrogen (secondary N) is 2. The monoisotopic (exact) mass is 421 g/mol. The van der Waals surface area contributed by atoms with Crippen molar-refractivity contribution in [1.29, 1.82) is 0 Å². The molecule has 2 bridgehead atoms. The molecule has 0 aromatic heterocycles. The minimum Gasteiger partial charge on any atom is -0.478 e. The zero-order valence-corrected chi connectivity index (χ0v) is 18.0. The van der Waals surface area contributed by atoms with E-state index in [-0.39, 0.29) is 42.2 Å². The Balaban J connectivity index is 0.00000240. The van der Waals surface area contributed by atoms with Gasteiger partial charge in [0.15, 0.2) is 6.10 Å². The van der Waals surface area contributed by atoms with Crippen LogP contribution in [-0.2, 0) is 9.59 Å². The highest BCUT2D eigenvalue weighted by Gasteiger charge is 2.40. The van der Waals surface area contributed by atoms with Crippen LogP contribution in [0.1, 0.15) is 64.0 Å². The van der Waals surface area contributed by atoms with E-state index in [0.29, 0.717) is 29.7 Å². The fourth-order valence-corrected chi connectivity index (χ4v) is 5.12. The third-order valence-corrected chi connectivity index (χ3v) is 6.84. The Kier molecular flexibility index (Phi) is 6.74. The van der Waals surface area contributed by atoms with Crippen molar-refractivity contribution in [2.45, 2.75) is 70.6 Å². The summed E-state index contributed by atoms with van der Waals surface area (Å²) in [4.78, 5) is 24.8. The number of hydrogen-bond acceptors (Lipinski definition) is 4. The molecule has 1 heterocycles. The number of amides is 2. The van der Waals surface area contributed by atoms with Gasteiger partial charge in [-0.05, 0) is 68.6 Å². The summed E-state index contributed by atoms with van der Waals surface area (Å²) in [5, 5.41) is 6.07. The van der Waals surface area contributed by atoms with Crippen LogP contribution < -0.4 is 21.1 Å². The predicted octanol–water partition coefficient (Wildman–Crippen LogP) is 3.55. The second-order valence-corrected chi connectivity index (χ2v) is 8.69. The van der Waals surface area contributed by atoms with Crippen LogP contribution >= 0.6 is 12.4 Å². The summed E-state index contributed by atoms with van der Waals surface area (Å²) in [7, 11) is 0. The molecule has 4 N–H and O–H groups in total. The van der Waals surface area contributed by atoms with Gasteiger partial charge in [-0.2, -0.15) is 0 Å². The van der Waals surface area contributed by atoms with E-state index in [2.05, 4.69) is 10.6 Å². The minimum atomic E-state index is -0.460. The van der Waals surface area contributed by atoms with Gasteiger partial charge < -0.3 is 21.1 Å². The highest BCUT2D eigenvalue weighted by Crippen LogP contribution is 2.42. The number of rotatable bonds is 4. The van der Waals surface area contributed by atoms with Crippen molar-refractivity contribution in [3.8, 4) is 5.75 Å². The van der Waals surface area contributed by atoms with Crippen molar-refractivity contribution in [1.82, 2.24) is 5.32 Å². The Labute approximate surface area is 178 Å². The molecule has 2 aliphatic carbocycles. The normalized spacial score (nSPS) is 31.4. The topological polar surface area (TPSA) is 93.4 Å². The molecule has 0 radical (unpaired) electrons. The van der Waals surface area contributed by atoms with Crippen molar-refractivity contribution in [2.75, 3.05) is 5.32 Å². The summed E-state index contributed by atoms with van der Waals surface area (Å²) in [6, 6.07) is 5.87. The quantitative estimate of drug-likeness (QED) is 0.693. The first kappa shape index (κ1) is 21.9. The number of fused-ring (bicyclic) bond motifs is 3. The van der Waals surface area contributed by atoms with Gasteiger partial charge in [-0.3, -0.25) is 9.59 Å². The van der Waals surface area contributed by atoms with E-state index in [1.165, 1.54) is 6.42 Å². The molecule has 1 aromatic carbocycles. The molecule has 29 heavy (non-hydrogen) atoms. The van der Waals surface area contributed by atoms with Gasteiger partial charge in [0.1, 0.15) is 5.75 Å². The summed E-state index contributed by atoms with van der Waals surface area (Å²) in [6.45, 7) is 3.92. The number of nitrogens with two attached hydrogens (primary N) is 1. The number of hydrogen-bond donors (Lipinski definition) is 3. The molecular weight excluding hydrogens is 390 g/mol. The number of halogens is 1. The molecule has 2 saturated carbocycles. The number of ether oxygens (including phenoxy) is 1. The van der Waals surface area contributed by atoms with E-state index in [9.17, 15) is 9.59 Å². The van der Waals surface area contributed by atoms with Gasteiger partial charge >= 0.3 is 0 Å². The number of benzene rings is 1. The van der Waals surface area contributed by atoms with E-state index < -0.39 is 6.10 Å². The molecule has 160 valence electrons. The van der Waals surface area contributed by atoms with E-state index in [1.807, 2.05) is 32.0 Å². The van der Waals surface area contributed by atoms with E-state index in [4.69, 9.17) is 10.5 Å². The van der Waals surface area contributed by atoms with Crippen LogP contribution in [0.2, 0.25) is 0 Å². The lowest BCUT2D eigenvalue weighted by Gasteiger charge is -2.43. The van der Waals surface area contributed by atoms with Gasteiger partial charge in [0.25, 0.3) is 5.91 Å². The van der Waals surface area contributed by atoms with Gasteiger partial charge in [0, 0.05) is 12.0 Å². The molecule has 4 atom stereocenters. The first-order valence-electron chi connectivity index (χ1n) is 10.6. The molecule has 3 aliphatic rings. The molecule has 7 heteroatoms.